The Hall–Kier alpha value is -2.44. The van der Waals surface area contributed by atoms with Crippen molar-refractivity contribution in [2.75, 3.05) is 13.1 Å². The average Bonchev–Trinajstić information content (AvgIpc) is 3.25. The monoisotopic (exact) mass is 374 g/mol. The molecule has 0 aliphatic carbocycles. The minimum atomic E-state index is -0.798. The number of carbonyl (C=O) groups excluding carboxylic acids is 1. The zero-order valence-electron chi connectivity index (χ0n) is 15.4. The third-order valence-electron chi connectivity index (χ3n) is 5.80. The van der Waals surface area contributed by atoms with Gasteiger partial charge in [-0.2, -0.15) is 0 Å². The highest BCUT2D eigenvalue weighted by Gasteiger charge is 2.32. The van der Waals surface area contributed by atoms with Gasteiger partial charge in [-0.3, -0.25) is 0 Å². The van der Waals surface area contributed by atoms with E-state index in [-0.39, 0.29) is 18.0 Å². The molecule has 2 aliphatic rings. The summed E-state index contributed by atoms with van der Waals surface area (Å²) >= 11 is 0. The van der Waals surface area contributed by atoms with Crippen molar-refractivity contribution in [3.05, 3.63) is 53.6 Å². The molecule has 1 saturated heterocycles. The molecule has 2 aliphatic heterocycles. The summed E-state index contributed by atoms with van der Waals surface area (Å²) in [6.07, 6.45) is 6.66. The Morgan fingerprint density at radius 2 is 2.07 bits per heavy atom. The molecule has 2 unspecified atom stereocenters. The molecule has 0 bridgehead atoms. The van der Waals surface area contributed by atoms with Gasteiger partial charge in [-0.15, -0.1) is 0 Å². The minimum absolute atomic E-state index is 0.0541. The van der Waals surface area contributed by atoms with Crippen LogP contribution in [0, 0.1) is 17.6 Å². The predicted molar refractivity (Wildman–Crippen MR) is 97.2 cm³/mol. The number of benzene rings is 1. The number of aromatic nitrogens is 2. The molecule has 2 atom stereocenters. The van der Waals surface area contributed by atoms with Crippen LogP contribution in [0.1, 0.15) is 49.7 Å². The number of rotatable bonds is 3. The molecule has 27 heavy (non-hydrogen) atoms. The first-order chi connectivity index (χ1) is 13.0. The number of halogens is 2. The fraction of sp³-hybridized carbons (Fsp3) is 0.500. The lowest BCUT2D eigenvalue weighted by Crippen LogP contribution is -2.45. The SMILES string of the molecule is CC1CC(NC(=O)N2CCC(Cc3cccc(F)c3F)CC2)c2nccn21. The highest BCUT2D eigenvalue weighted by atomic mass is 19.2. The van der Waals surface area contributed by atoms with Gasteiger partial charge in [0.25, 0.3) is 0 Å². The summed E-state index contributed by atoms with van der Waals surface area (Å²) in [6, 6.07) is 4.53. The number of nitrogens with one attached hydrogen (secondary N) is 1. The first-order valence-electron chi connectivity index (χ1n) is 9.54. The normalized spacial score (nSPS) is 22.7. The van der Waals surface area contributed by atoms with E-state index in [0.717, 1.165) is 31.2 Å². The molecule has 2 amide bonds. The van der Waals surface area contributed by atoms with Crippen molar-refractivity contribution >= 4 is 6.03 Å². The molecular formula is C20H24F2N4O. The van der Waals surface area contributed by atoms with Crippen molar-refractivity contribution < 1.29 is 13.6 Å². The van der Waals surface area contributed by atoms with Crippen LogP contribution in [0.15, 0.2) is 30.6 Å². The van der Waals surface area contributed by atoms with E-state index in [4.69, 9.17) is 0 Å². The Bertz CT molecular complexity index is 829. The standard InChI is InChI=1S/C20H24F2N4O/c1-13-11-17(19-23-7-10-26(13)19)24-20(27)25-8-5-14(6-9-25)12-15-3-2-4-16(21)18(15)22/h2-4,7,10,13-14,17H,5-6,8-9,11-12H2,1H3,(H,24,27). The topological polar surface area (TPSA) is 50.2 Å². The van der Waals surface area contributed by atoms with Crippen LogP contribution in [0.4, 0.5) is 13.6 Å². The van der Waals surface area contributed by atoms with Gasteiger partial charge in [0.05, 0.1) is 6.04 Å². The van der Waals surface area contributed by atoms with Crippen molar-refractivity contribution in [1.29, 1.82) is 0 Å². The van der Waals surface area contributed by atoms with Crippen LogP contribution in [0.5, 0.6) is 0 Å². The number of nitrogens with zero attached hydrogens (tertiary/aromatic N) is 3. The summed E-state index contributed by atoms with van der Waals surface area (Å²) in [6.45, 7) is 3.38. The minimum Gasteiger partial charge on any atom is -0.330 e. The second-order valence-electron chi connectivity index (χ2n) is 7.63. The molecule has 0 spiro atoms. The van der Waals surface area contributed by atoms with Crippen molar-refractivity contribution in [3.63, 3.8) is 0 Å². The van der Waals surface area contributed by atoms with E-state index < -0.39 is 11.6 Å². The van der Waals surface area contributed by atoms with Crippen LogP contribution in [0.25, 0.3) is 0 Å². The summed E-state index contributed by atoms with van der Waals surface area (Å²) in [5.41, 5.74) is 0.421. The smallest absolute Gasteiger partial charge is 0.317 e. The molecule has 0 radical (unpaired) electrons. The maximum atomic E-state index is 13.9. The Morgan fingerprint density at radius 3 is 2.85 bits per heavy atom. The summed E-state index contributed by atoms with van der Waals surface area (Å²) < 4.78 is 29.3. The molecule has 7 heteroatoms. The van der Waals surface area contributed by atoms with Gasteiger partial charge in [-0.25, -0.2) is 18.6 Å². The molecule has 1 fully saturated rings. The number of hydrogen-bond donors (Lipinski definition) is 1. The van der Waals surface area contributed by atoms with Crippen LogP contribution in [0.3, 0.4) is 0 Å². The Labute approximate surface area is 157 Å². The Morgan fingerprint density at radius 1 is 1.30 bits per heavy atom. The van der Waals surface area contributed by atoms with Crippen LogP contribution < -0.4 is 5.32 Å². The second-order valence-corrected chi connectivity index (χ2v) is 7.63. The third kappa shape index (κ3) is 3.55. The van der Waals surface area contributed by atoms with E-state index in [1.165, 1.54) is 0 Å². The van der Waals surface area contributed by atoms with Crippen molar-refractivity contribution in [1.82, 2.24) is 19.8 Å². The first-order valence-corrected chi connectivity index (χ1v) is 9.54. The number of urea groups is 1. The number of piperidine rings is 1. The number of imidazole rings is 1. The molecule has 1 aromatic heterocycles. The molecule has 1 aromatic carbocycles. The molecule has 4 rings (SSSR count). The van der Waals surface area contributed by atoms with Gasteiger partial charge >= 0.3 is 6.03 Å². The van der Waals surface area contributed by atoms with E-state index in [2.05, 4.69) is 21.8 Å². The molecule has 1 N–H and O–H groups in total. The quantitative estimate of drug-likeness (QED) is 0.888. The summed E-state index contributed by atoms with van der Waals surface area (Å²) in [7, 11) is 0. The lowest BCUT2D eigenvalue weighted by molar-refractivity contribution is 0.166. The van der Waals surface area contributed by atoms with Gasteiger partial charge in [0.1, 0.15) is 5.82 Å². The zero-order valence-corrected chi connectivity index (χ0v) is 15.4. The zero-order chi connectivity index (χ0) is 19.0. The summed E-state index contributed by atoms with van der Waals surface area (Å²) in [4.78, 5) is 18.8. The van der Waals surface area contributed by atoms with E-state index in [1.54, 1.807) is 18.3 Å². The molecule has 144 valence electrons. The van der Waals surface area contributed by atoms with Gasteiger partial charge in [0.2, 0.25) is 0 Å². The molecule has 5 nitrogen and oxygen atoms in total. The van der Waals surface area contributed by atoms with Crippen LogP contribution in [-0.2, 0) is 6.42 Å². The Kier molecular flexibility index (Phi) is 4.85. The highest BCUT2D eigenvalue weighted by Crippen LogP contribution is 2.33. The maximum absolute atomic E-state index is 13.9. The van der Waals surface area contributed by atoms with Gasteiger partial charge in [-0.05, 0) is 50.2 Å². The first kappa shape index (κ1) is 17.9. The molecule has 2 aromatic rings. The number of likely N-dealkylation sites (tertiary alicyclic amines) is 1. The number of fused-ring (bicyclic) bond motifs is 1. The number of amides is 2. The van der Waals surface area contributed by atoms with Crippen LogP contribution in [0.2, 0.25) is 0 Å². The Balaban J connectivity index is 1.30. The highest BCUT2D eigenvalue weighted by molar-refractivity contribution is 5.74. The van der Waals surface area contributed by atoms with Gasteiger partial charge in [-0.1, -0.05) is 12.1 Å². The number of hydrogen-bond acceptors (Lipinski definition) is 2. The number of carbonyl (C=O) groups is 1. The third-order valence-corrected chi connectivity index (χ3v) is 5.80. The van der Waals surface area contributed by atoms with Crippen LogP contribution >= 0.6 is 0 Å². The van der Waals surface area contributed by atoms with E-state index >= 15 is 0 Å². The average molecular weight is 374 g/mol. The lowest BCUT2D eigenvalue weighted by Gasteiger charge is -2.32. The maximum Gasteiger partial charge on any atom is 0.317 e. The molecular weight excluding hydrogens is 350 g/mol. The largest absolute Gasteiger partial charge is 0.330 e. The van der Waals surface area contributed by atoms with Gasteiger partial charge in [0, 0.05) is 31.5 Å². The molecule has 3 heterocycles. The van der Waals surface area contributed by atoms with E-state index in [0.29, 0.717) is 31.1 Å². The van der Waals surface area contributed by atoms with E-state index in [9.17, 15) is 13.6 Å². The van der Waals surface area contributed by atoms with Crippen molar-refractivity contribution in [2.45, 2.75) is 44.7 Å². The lowest BCUT2D eigenvalue weighted by atomic mass is 9.90. The second kappa shape index (κ2) is 7.29. The van der Waals surface area contributed by atoms with Crippen molar-refractivity contribution in [3.8, 4) is 0 Å². The van der Waals surface area contributed by atoms with Crippen molar-refractivity contribution in [2.24, 2.45) is 5.92 Å². The predicted octanol–water partition coefficient (Wildman–Crippen LogP) is 3.83. The summed E-state index contributed by atoms with van der Waals surface area (Å²) in [5, 5.41) is 3.10. The van der Waals surface area contributed by atoms with E-state index in [1.807, 2.05) is 11.1 Å². The fourth-order valence-electron chi connectivity index (χ4n) is 4.25. The van der Waals surface area contributed by atoms with Gasteiger partial charge in [0.15, 0.2) is 11.6 Å². The fourth-order valence-corrected chi connectivity index (χ4v) is 4.25. The van der Waals surface area contributed by atoms with Gasteiger partial charge < -0.3 is 14.8 Å². The molecule has 0 saturated carbocycles. The van der Waals surface area contributed by atoms with Crippen LogP contribution in [-0.4, -0.2) is 33.6 Å². The summed E-state index contributed by atoms with van der Waals surface area (Å²) in [5.74, 6) is -0.375.